The molecule has 1 heterocycles. The van der Waals surface area contributed by atoms with Gasteiger partial charge in [0, 0.05) is 18.0 Å². The summed E-state index contributed by atoms with van der Waals surface area (Å²) in [6, 6.07) is 24.2. The van der Waals surface area contributed by atoms with Crippen molar-refractivity contribution in [2.24, 2.45) is 0 Å². The normalized spacial score (nSPS) is 19.2. The largest absolute Gasteiger partial charge is 0.330 e. The molecule has 0 aromatic heterocycles. The minimum atomic E-state index is -3.81. The number of nitrogens with one attached hydrogen (secondary N) is 1. The first-order valence-corrected chi connectivity index (χ1v) is 11.5. The van der Waals surface area contributed by atoms with Crippen molar-refractivity contribution in [2.75, 3.05) is 0 Å². The maximum Gasteiger partial charge on any atom is 0.240 e. The maximum absolute atomic E-state index is 13.0. The van der Waals surface area contributed by atoms with Crippen molar-refractivity contribution >= 4 is 27.5 Å². The molecule has 5 nitrogen and oxygen atoms in total. The van der Waals surface area contributed by atoms with Gasteiger partial charge in [0.2, 0.25) is 15.9 Å². The van der Waals surface area contributed by atoms with Crippen LogP contribution < -0.4 is 4.72 Å². The lowest BCUT2D eigenvalue weighted by molar-refractivity contribution is -0.129. The molecule has 0 saturated carbocycles. The molecule has 1 fully saturated rings. The van der Waals surface area contributed by atoms with E-state index in [-0.39, 0.29) is 17.2 Å². The standard InChI is InChI=1S/C23H21ClN2O3S/c24-19-11-13-20(14-12-19)30(28,29)25-21-15-22(27)26(16-17-7-3-1-4-8-17)23(21)18-9-5-2-6-10-18/h1-14,21,23,25H,15-16H2/t21-,23+/m0/s1. The Kier molecular flexibility index (Phi) is 5.90. The van der Waals surface area contributed by atoms with Gasteiger partial charge in [-0.25, -0.2) is 13.1 Å². The third kappa shape index (κ3) is 4.41. The van der Waals surface area contributed by atoms with Gasteiger partial charge in [-0.1, -0.05) is 72.3 Å². The Morgan fingerprint density at radius 2 is 1.50 bits per heavy atom. The molecule has 2 atom stereocenters. The summed E-state index contributed by atoms with van der Waals surface area (Å²) in [5, 5.41) is 0.459. The Morgan fingerprint density at radius 1 is 0.900 bits per heavy atom. The van der Waals surface area contributed by atoms with E-state index in [0.29, 0.717) is 11.6 Å². The van der Waals surface area contributed by atoms with E-state index in [0.717, 1.165) is 11.1 Å². The molecule has 0 aliphatic carbocycles. The number of hydrogen-bond acceptors (Lipinski definition) is 3. The van der Waals surface area contributed by atoms with Crippen LogP contribution in [-0.4, -0.2) is 25.3 Å². The van der Waals surface area contributed by atoms with E-state index in [1.807, 2.05) is 60.7 Å². The molecule has 0 unspecified atom stereocenters. The van der Waals surface area contributed by atoms with Crippen LogP contribution in [0.25, 0.3) is 0 Å². The van der Waals surface area contributed by atoms with Crippen LogP contribution >= 0.6 is 11.6 Å². The number of rotatable bonds is 6. The number of sulfonamides is 1. The van der Waals surface area contributed by atoms with Crippen molar-refractivity contribution in [3.63, 3.8) is 0 Å². The summed E-state index contributed by atoms with van der Waals surface area (Å²) < 4.78 is 28.7. The van der Waals surface area contributed by atoms with Gasteiger partial charge in [0.1, 0.15) is 0 Å². The number of halogens is 1. The van der Waals surface area contributed by atoms with E-state index < -0.39 is 22.1 Å². The molecule has 1 saturated heterocycles. The van der Waals surface area contributed by atoms with Crippen LogP contribution in [-0.2, 0) is 21.4 Å². The van der Waals surface area contributed by atoms with Gasteiger partial charge >= 0.3 is 0 Å². The molecule has 0 bridgehead atoms. The molecule has 3 aromatic rings. The number of likely N-dealkylation sites (tertiary alicyclic amines) is 1. The van der Waals surface area contributed by atoms with Gasteiger partial charge < -0.3 is 4.90 Å². The first-order chi connectivity index (χ1) is 14.4. The number of carbonyl (C=O) groups excluding carboxylic acids is 1. The van der Waals surface area contributed by atoms with E-state index in [2.05, 4.69) is 4.72 Å². The van der Waals surface area contributed by atoms with Gasteiger partial charge in [-0.3, -0.25) is 4.79 Å². The minimum Gasteiger partial charge on any atom is -0.330 e. The van der Waals surface area contributed by atoms with Crippen LogP contribution in [0.5, 0.6) is 0 Å². The predicted octanol–water partition coefficient (Wildman–Crippen LogP) is 4.16. The molecule has 3 aromatic carbocycles. The van der Waals surface area contributed by atoms with Gasteiger partial charge in [-0.05, 0) is 35.4 Å². The molecule has 4 rings (SSSR count). The van der Waals surface area contributed by atoms with Crippen LogP contribution in [0.15, 0.2) is 89.8 Å². The number of amides is 1. The molecule has 7 heteroatoms. The fourth-order valence-corrected chi connectivity index (χ4v) is 5.17. The highest BCUT2D eigenvalue weighted by molar-refractivity contribution is 7.89. The summed E-state index contributed by atoms with van der Waals surface area (Å²) in [5.41, 5.74) is 1.89. The molecule has 1 amide bonds. The zero-order chi connectivity index (χ0) is 21.1. The summed E-state index contributed by atoms with van der Waals surface area (Å²) in [6.45, 7) is 0.415. The first-order valence-electron chi connectivity index (χ1n) is 9.60. The van der Waals surface area contributed by atoms with Crippen LogP contribution in [0.4, 0.5) is 0 Å². The third-order valence-corrected chi connectivity index (χ3v) is 6.96. The summed E-state index contributed by atoms with van der Waals surface area (Å²) in [4.78, 5) is 14.8. The highest BCUT2D eigenvalue weighted by Crippen LogP contribution is 2.35. The van der Waals surface area contributed by atoms with E-state index in [9.17, 15) is 13.2 Å². The summed E-state index contributed by atoms with van der Waals surface area (Å²) in [5.74, 6) is -0.0866. The topological polar surface area (TPSA) is 66.5 Å². The van der Waals surface area contributed by atoms with Crippen molar-refractivity contribution in [1.29, 1.82) is 0 Å². The molecule has 1 N–H and O–H groups in total. The number of carbonyl (C=O) groups is 1. The zero-order valence-electron chi connectivity index (χ0n) is 16.1. The first kappa shape index (κ1) is 20.6. The van der Waals surface area contributed by atoms with Gasteiger partial charge in [0.25, 0.3) is 0 Å². The van der Waals surface area contributed by atoms with Crippen LogP contribution in [0.3, 0.4) is 0 Å². The Morgan fingerprint density at radius 3 is 2.13 bits per heavy atom. The van der Waals surface area contributed by atoms with Crippen LogP contribution in [0, 0.1) is 0 Å². The average Bonchev–Trinajstić information content (AvgIpc) is 3.03. The average molecular weight is 441 g/mol. The van der Waals surface area contributed by atoms with Crippen LogP contribution in [0.2, 0.25) is 5.02 Å². The van der Waals surface area contributed by atoms with Gasteiger partial charge in [0.05, 0.1) is 17.0 Å². The lowest BCUT2D eigenvalue weighted by Gasteiger charge is -2.29. The molecular formula is C23H21ClN2O3S. The van der Waals surface area contributed by atoms with Crippen molar-refractivity contribution < 1.29 is 13.2 Å². The number of hydrogen-bond donors (Lipinski definition) is 1. The molecule has 0 spiro atoms. The second kappa shape index (κ2) is 8.60. The van der Waals surface area contributed by atoms with E-state index in [4.69, 9.17) is 11.6 Å². The lowest BCUT2D eigenvalue weighted by Crippen LogP contribution is -2.39. The summed E-state index contributed by atoms with van der Waals surface area (Å²) in [7, 11) is -3.81. The molecule has 0 radical (unpaired) electrons. The van der Waals surface area contributed by atoms with Crippen molar-refractivity contribution in [2.45, 2.75) is 29.9 Å². The smallest absolute Gasteiger partial charge is 0.240 e. The third-order valence-electron chi connectivity index (χ3n) is 5.20. The Hall–Kier alpha value is -2.67. The van der Waals surface area contributed by atoms with Gasteiger partial charge in [-0.15, -0.1) is 0 Å². The Labute approximate surface area is 181 Å². The van der Waals surface area contributed by atoms with Gasteiger partial charge in [0.15, 0.2) is 0 Å². The van der Waals surface area contributed by atoms with E-state index in [1.165, 1.54) is 24.3 Å². The second-order valence-corrected chi connectivity index (χ2v) is 9.40. The molecular weight excluding hydrogens is 420 g/mol. The maximum atomic E-state index is 13.0. The number of nitrogens with zero attached hydrogens (tertiary/aromatic N) is 1. The highest BCUT2D eigenvalue weighted by atomic mass is 35.5. The van der Waals surface area contributed by atoms with Crippen LogP contribution in [0.1, 0.15) is 23.6 Å². The minimum absolute atomic E-state index is 0.0866. The lowest BCUT2D eigenvalue weighted by atomic mass is 10.0. The van der Waals surface area contributed by atoms with Crippen molar-refractivity contribution in [1.82, 2.24) is 9.62 Å². The fraction of sp³-hybridized carbons (Fsp3) is 0.174. The number of benzene rings is 3. The fourth-order valence-electron chi connectivity index (χ4n) is 3.81. The molecule has 154 valence electrons. The van der Waals surface area contributed by atoms with E-state index in [1.54, 1.807) is 4.90 Å². The zero-order valence-corrected chi connectivity index (χ0v) is 17.7. The SMILES string of the molecule is O=C1C[C@H](NS(=O)(=O)c2ccc(Cl)cc2)[C@@H](c2ccccc2)N1Cc1ccccc1. The van der Waals surface area contributed by atoms with E-state index >= 15 is 0 Å². The second-order valence-electron chi connectivity index (χ2n) is 7.25. The molecule has 1 aliphatic heterocycles. The van der Waals surface area contributed by atoms with Crippen molar-refractivity contribution in [3.8, 4) is 0 Å². The quantitative estimate of drug-likeness (QED) is 0.625. The highest BCUT2D eigenvalue weighted by Gasteiger charge is 2.42. The Balaban J connectivity index is 1.66. The molecule has 1 aliphatic rings. The monoisotopic (exact) mass is 440 g/mol. The summed E-state index contributed by atoms with van der Waals surface area (Å²) in [6.07, 6.45) is 0.0964. The molecule has 30 heavy (non-hydrogen) atoms. The predicted molar refractivity (Wildman–Crippen MR) is 116 cm³/mol. The Bertz CT molecular complexity index is 1120. The van der Waals surface area contributed by atoms with Gasteiger partial charge in [-0.2, -0.15) is 0 Å². The van der Waals surface area contributed by atoms with Crippen molar-refractivity contribution in [3.05, 3.63) is 101 Å². The summed E-state index contributed by atoms with van der Waals surface area (Å²) >= 11 is 5.88.